The second-order valence-electron chi connectivity index (χ2n) is 10.4. The van der Waals surface area contributed by atoms with E-state index >= 15 is 0 Å². The highest BCUT2D eigenvalue weighted by molar-refractivity contribution is 6.06. The van der Waals surface area contributed by atoms with Crippen LogP contribution in [0.25, 0.3) is 0 Å². The summed E-state index contributed by atoms with van der Waals surface area (Å²) in [5.41, 5.74) is 3.73. The minimum atomic E-state index is -0.647. The highest BCUT2D eigenvalue weighted by Crippen LogP contribution is 2.49. The van der Waals surface area contributed by atoms with Crippen LogP contribution in [0.3, 0.4) is 0 Å². The van der Waals surface area contributed by atoms with Crippen molar-refractivity contribution in [2.75, 3.05) is 17.3 Å². The first-order valence-electron chi connectivity index (χ1n) is 13.5. The first-order chi connectivity index (χ1) is 18.6. The number of carbonyl (C=O) groups is 2. The third kappa shape index (κ3) is 4.46. The number of hydrogen-bond acceptors (Lipinski definition) is 5. The SMILES string of the molecule is COc1ccccc1[C@@H]1C2=C(C[C@H](c3ccco3)CC2=O)Nc2ccccc2N1C(=O)NC1CCCCC1. The monoisotopic (exact) mass is 511 g/mol. The lowest BCUT2D eigenvalue weighted by atomic mass is 9.80. The average Bonchev–Trinajstić information content (AvgIpc) is 3.44. The number of benzene rings is 2. The number of Topliss-reactive ketones (excluding diaryl/α,β-unsaturated/α-hetero) is 1. The van der Waals surface area contributed by atoms with Gasteiger partial charge < -0.3 is 19.8 Å². The van der Waals surface area contributed by atoms with E-state index in [1.165, 1.54) is 6.42 Å². The molecule has 2 N–H and O–H groups in total. The topological polar surface area (TPSA) is 83.8 Å². The zero-order valence-corrected chi connectivity index (χ0v) is 21.6. The Labute approximate surface area is 222 Å². The number of furan rings is 1. The normalized spacial score (nSPS) is 21.7. The summed E-state index contributed by atoms with van der Waals surface area (Å²) in [5.74, 6) is 1.36. The minimum absolute atomic E-state index is 0.000622. The Morgan fingerprint density at radius 1 is 1.00 bits per heavy atom. The number of carbonyl (C=O) groups excluding carboxylic acids is 2. The molecule has 196 valence electrons. The Balaban J connectivity index is 1.52. The molecule has 7 nitrogen and oxygen atoms in total. The van der Waals surface area contributed by atoms with E-state index in [4.69, 9.17) is 9.15 Å². The molecular weight excluding hydrogens is 478 g/mol. The van der Waals surface area contributed by atoms with Gasteiger partial charge in [0, 0.05) is 35.2 Å². The minimum Gasteiger partial charge on any atom is -0.496 e. The van der Waals surface area contributed by atoms with Crippen LogP contribution in [0, 0.1) is 0 Å². The van der Waals surface area contributed by atoms with Crippen LogP contribution in [-0.4, -0.2) is 25.0 Å². The maximum absolute atomic E-state index is 14.2. The van der Waals surface area contributed by atoms with Crippen molar-refractivity contribution >= 4 is 23.2 Å². The molecule has 2 aliphatic carbocycles. The van der Waals surface area contributed by atoms with Gasteiger partial charge in [0.15, 0.2) is 5.78 Å². The van der Waals surface area contributed by atoms with Gasteiger partial charge in [-0.05, 0) is 49.6 Å². The van der Waals surface area contributed by atoms with E-state index in [2.05, 4.69) is 10.6 Å². The average molecular weight is 512 g/mol. The van der Waals surface area contributed by atoms with E-state index in [1.807, 2.05) is 60.7 Å². The van der Waals surface area contributed by atoms with E-state index in [0.29, 0.717) is 24.2 Å². The predicted molar refractivity (Wildman–Crippen MR) is 146 cm³/mol. The van der Waals surface area contributed by atoms with E-state index in [1.54, 1.807) is 18.3 Å². The Hall–Kier alpha value is -4.00. The number of hydrogen-bond donors (Lipinski definition) is 2. The molecule has 6 rings (SSSR count). The number of nitrogens with zero attached hydrogens (tertiary/aromatic N) is 1. The molecule has 2 aromatic carbocycles. The maximum atomic E-state index is 14.2. The molecule has 1 fully saturated rings. The van der Waals surface area contributed by atoms with E-state index in [0.717, 1.165) is 54.1 Å². The van der Waals surface area contributed by atoms with Gasteiger partial charge in [0.25, 0.3) is 0 Å². The molecule has 1 aromatic heterocycles. The molecular formula is C31H33N3O4. The van der Waals surface area contributed by atoms with Crippen LogP contribution in [0.15, 0.2) is 82.6 Å². The van der Waals surface area contributed by atoms with Crippen LogP contribution in [0.4, 0.5) is 16.2 Å². The number of fused-ring (bicyclic) bond motifs is 1. The number of methoxy groups -OCH3 is 1. The summed E-state index contributed by atoms with van der Waals surface area (Å²) in [7, 11) is 1.62. The second kappa shape index (κ2) is 10.4. The molecule has 0 spiro atoms. The van der Waals surface area contributed by atoms with Crippen molar-refractivity contribution in [1.29, 1.82) is 0 Å². The fourth-order valence-corrected chi connectivity index (χ4v) is 6.22. The molecule has 1 saturated carbocycles. The lowest BCUT2D eigenvalue weighted by molar-refractivity contribution is -0.116. The summed E-state index contributed by atoms with van der Waals surface area (Å²) in [6.07, 6.45) is 7.93. The highest BCUT2D eigenvalue weighted by Gasteiger charge is 2.43. The zero-order valence-electron chi connectivity index (χ0n) is 21.6. The van der Waals surface area contributed by atoms with Crippen LogP contribution in [-0.2, 0) is 4.79 Å². The molecule has 0 radical (unpaired) electrons. The number of rotatable bonds is 4. The van der Waals surface area contributed by atoms with E-state index < -0.39 is 6.04 Å². The number of allylic oxidation sites excluding steroid dienone is 1. The van der Waals surface area contributed by atoms with Gasteiger partial charge in [-0.1, -0.05) is 49.6 Å². The number of ether oxygens (including phenoxy) is 1. The zero-order chi connectivity index (χ0) is 26.1. The molecule has 2 heterocycles. The Morgan fingerprint density at radius 3 is 2.58 bits per heavy atom. The number of amides is 2. The van der Waals surface area contributed by atoms with Crippen molar-refractivity contribution in [3.8, 4) is 5.75 Å². The molecule has 0 bridgehead atoms. The van der Waals surface area contributed by atoms with E-state index in [-0.39, 0.29) is 23.8 Å². The van der Waals surface area contributed by atoms with Crippen molar-refractivity contribution in [3.63, 3.8) is 0 Å². The lowest BCUT2D eigenvalue weighted by Gasteiger charge is -2.36. The van der Waals surface area contributed by atoms with Gasteiger partial charge in [0.1, 0.15) is 11.5 Å². The van der Waals surface area contributed by atoms with Gasteiger partial charge in [0.05, 0.1) is 30.8 Å². The molecule has 2 atom stereocenters. The quantitative estimate of drug-likeness (QED) is 0.407. The van der Waals surface area contributed by atoms with Gasteiger partial charge >= 0.3 is 6.03 Å². The third-order valence-corrected chi connectivity index (χ3v) is 8.02. The summed E-state index contributed by atoms with van der Waals surface area (Å²) in [6, 6.07) is 18.5. The first-order valence-corrected chi connectivity index (χ1v) is 13.5. The standard InChI is InChI=1S/C31H33N3O4/c1-37-28-15-8-5-12-22(28)30-29-24(18-20(19-26(29)35)27-16-9-17-38-27)33-23-13-6-7-14-25(23)34(30)31(36)32-21-10-3-2-4-11-21/h5-9,12-17,20-21,30,33H,2-4,10-11,18-19H2,1H3,(H,32,36)/t20-,30+/m0/s1. The number of ketones is 1. The fraction of sp³-hybridized carbons (Fsp3) is 0.355. The highest BCUT2D eigenvalue weighted by atomic mass is 16.5. The molecule has 1 aliphatic heterocycles. The van der Waals surface area contributed by atoms with Crippen LogP contribution < -0.4 is 20.3 Å². The summed E-state index contributed by atoms with van der Waals surface area (Å²) in [5, 5.41) is 6.87. The molecule has 38 heavy (non-hydrogen) atoms. The molecule has 2 amide bonds. The molecule has 0 saturated heterocycles. The van der Waals surface area contributed by atoms with Gasteiger partial charge in [-0.15, -0.1) is 0 Å². The Kier molecular flexibility index (Phi) is 6.66. The summed E-state index contributed by atoms with van der Waals surface area (Å²) < 4.78 is 11.5. The summed E-state index contributed by atoms with van der Waals surface area (Å²) >= 11 is 0. The lowest BCUT2D eigenvalue weighted by Crippen LogP contribution is -2.48. The summed E-state index contributed by atoms with van der Waals surface area (Å²) in [4.78, 5) is 30.0. The number of nitrogens with one attached hydrogen (secondary N) is 2. The number of anilines is 2. The van der Waals surface area contributed by atoms with Crippen molar-refractivity contribution in [2.45, 2.75) is 62.9 Å². The first kappa shape index (κ1) is 24.3. The van der Waals surface area contributed by atoms with Crippen LogP contribution in [0.1, 0.15) is 68.2 Å². The molecule has 3 aliphatic rings. The van der Waals surface area contributed by atoms with Gasteiger partial charge in [0.2, 0.25) is 0 Å². The summed E-state index contributed by atoms with van der Waals surface area (Å²) in [6.45, 7) is 0. The fourth-order valence-electron chi connectivity index (χ4n) is 6.22. The largest absolute Gasteiger partial charge is 0.496 e. The predicted octanol–water partition coefficient (Wildman–Crippen LogP) is 6.70. The van der Waals surface area contributed by atoms with Gasteiger partial charge in [-0.25, -0.2) is 4.79 Å². The molecule has 7 heteroatoms. The van der Waals surface area contributed by atoms with E-state index in [9.17, 15) is 9.59 Å². The van der Waals surface area contributed by atoms with Gasteiger partial charge in [-0.2, -0.15) is 0 Å². The number of urea groups is 1. The van der Waals surface area contributed by atoms with Crippen molar-refractivity contribution < 1.29 is 18.7 Å². The van der Waals surface area contributed by atoms with Crippen molar-refractivity contribution in [3.05, 3.63) is 89.5 Å². The smallest absolute Gasteiger partial charge is 0.323 e. The second-order valence-corrected chi connectivity index (χ2v) is 10.4. The van der Waals surface area contributed by atoms with Crippen LogP contribution in [0.5, 0.6) is 5.75 Å². The van der Waals surface area contributed by atoms with Crippen molar-refractivity contribution in [1.82, 2.24) is 5.32 Å². The Bertz CT molecular complexity index is 1360. The van der Waals surface area contributed by atoms with Crippen LogP contribution >= 0.6 is 0 Å². The number of para-hydroxylation sites is 3. The van der Waals surface area contributed by atoms with Crippen LogP contribution in [0.2, 0.25) is 0 Å². The Morgan fingerprint density at radius 2 is 1.79 bits per heavy atom. The van der Waals surface area contributed by atoms with Gasteiger partial charge in [-0.3, -0.25) is 9.69 Å². The molecule has 0 unspecified atom stereocenters. The third-order valence-electron chi connectivity index (χ3n) is 8.02. The van der Waals surface area contributed by atoms with Crippen molar-refractivity contribution in [2.24, 2.45) is 0 Å². The molecule has 3 aromatic rings. The maximum Gasteiger partial charge on any atom is 0.323 e.